The zero-order valence-corrected chi connectivity index (χ0v) is 19.1. The summed E-state index contributed by atoms with van der Waals surface area (Å²) < 4.78 is 5.48. The van der Waals surface area contributed by atoms with Crippen LogP contribution in [-0.2, 0) is 0 Å². The average Bonchev–Trinajstić information content (AvgIpc) is 3.44. The van der Waals surface area contributed by atoms with Crippen molar-refractivity contribution in [3.63, 3.8) is 0 Å². The fourth-order valence-corrected chi connectivity index (χ4v) is 4.79. The van der Waals surface area contributed by atoms with Crippen molar-refractivity contribution in [2.45, 2.75) is 45.6 Å². The SMILES string of the molecule is CCOc1ccc(-c2nc(C)c(C(=O)Nc3ccc(C(=O)NC4CCCC4)cc3)s2)cc1. The van der Waals surface area contributed by atoms with Crippen LogP contribution in [0.4, 0.5) is 5.69 Å². The molecular weight excluding hydrogens is 422 g/mol. The maximum absolute atomic E-state index is 12.8. The summed E-state index contributed by atoms with van der Waals surface area (Å²) in [7, 11) is 0. The standard InChI is InChI=1S/C25H27N3O3S/c1-3-31-21-14-10-18(11-15-21)25-26-16(2)22(32-25)24(30)28-20-12-8-17(9-13-20)23(29)27-19-6-4-5-7-19/h8-15,19H,3-7H2,1-2H3,(H,27,29)(H,28,30). The third kappa shape index (κ3) is 5.16. The summed E-state index contributed by atoms with van der Waals surface area (Å²) in [6.45, 7) is 4.40. The van der Waals surface area contributed by atoms with Crippen LogP contribution in [0.3, 0.4) is 0 Å². The number of amides is 2. The van der Waals surface area contributed by atoms with Gasteiger partial charge in [-0.1, -0.05) is 12.8 Å². The van der Waals surface area contributed by atoms with E-state index in [1.807, 2.05) is 38.1 Å². The van der Waals surface area contributed by atoms with E-state index in [9.17, 15) is 9.59 Å². The van der Waals surface area contributed by atoms with Gasteiger partial charge in [0, 0.05) is 22.9 Å². The molecule has 1 aliphatic rings. The highest BCUT2D eigenvalue weighted by atomic mass is 32.1. The molecule has 6 nitrogen and oxygen atoms in total. The van der Waals surface area contributed by atoms with Crippen molar-refractivity contribution >= 4 is 28.8 Å². The number of hydrogen-bond acceptors (Lipinski definition) is 5. The van der Waals surface area contributed by atoms with Crippen LogP contribution >= 0.6 is 11.3 Å². The van der Waals surface area contributed by atoms with Crippen molar-refractivity contribution in [3.8, 4) is 16.3 Å². The van der Waals surface area contributed by atoms with Gasteiger partial charge in [0.15, 0.2) is 0 Å². The number of nitrogens with zero attached hydrogens (tertiary/aromatic N) is 1. The van der Waals surface area contributed by atoms with Gasteiger partial charge in [0.25, 0.3) is 11.8 Å². The molecule has 0 atom stereocenters. The molecule has 32 heavy (non-hydrogen) atoms. The molecule has 0 saturated heterocycles. The van der Waals surface area contributed by atoms with Crippen LogP contribution in [0.2, 0.25) is 0 Å². The highest BCUT2D eigenvalue weighted by Crippen LogP contribution is 2.30. The molecule has 2 aromatic carbocycles. The minimum absolute atomic E-state index is 0.0620. The summed E-state index contributed by atoms with van der Waals surface area (Å²) in [6, 6.07) is 15.0. The lowest BCUT2D eigenvalue weighted by Gasteiger charge is -2.12. The zero-order valence-electron chi connectivity index (χ0n) is 18.3. The summed E-state index contributed by atoms with van der Waals surface area (Å²) in [6.07, 6.45) is 4.44. The number of aromatic nitrogens is 1. The molecule has 0 spiro atoms. The summed E-state index contributed by atoms with van der Waals surface area (Å²) in [5.41, 5.74) is 2.87. The van der Waals surface area contributed by atoms with Crippen molar-refractivity contribution in [3.05, 3.63) is 64.7 Å². The first-order valence-electron chi connectivity index (χ1n) is 11.0. The van der Waals surface area contributed by atoms with E-state index in [-0.39, 0.29) is 17.9 Å². The van der Waals surface area contributed by atoms with Gasteiger partial charge in [0.1, 0.15) is 15.6 Å². The van der Waals surface area contributed by atoms with Gasteiger partial charge < -0.3 is 15.4 Å². The molecule has 3 aromatic rings. The highest BCUT2D eigenvalue weighted by molar-refractivity contribution is 7.17. The monoisotopic (exact) mass is 449 g/mol. The normalized spacial score (nSPS) is 13.7. The predicted molar refractivity (Wildman–Crippen MR) is 128 cm³/mol. The van der Waals surface area contributed by atoms with Crippen molar-refractivity contribution in [1.82, 2.24) is 10.3 Å². The van der Waals surface area contributed by atoms with Gasteiger partial charge in [-0.3, -0.25) is 9.59 Å². The number of carbonyl (C=O) groups is 2. The van der Waals surface area contributed by atoms with Crippen LogP contribution in [0.1, 0.15) is 58.3 Å². The van der Waals surface area contributed by atoms with E-state index in [2.05, 4.69) is 15.6 Å². The molecule has 0 radical (unpaired) electrons. The van der Waals surface area contributed by atoms with E-state index in [0.717, 1.165) is 29.2 Å². The number of hydrogen-bond donors (Lipinski definition) is 2. The molecule has 1 aliphatic carbocycles. The topological polar surface area (TPSA) is 80.3 Å². The van der Waals surface area contributed by atoms with Crippen LogP contribution in [0.5, 0.6) is 5.75 Å². The van der Waals surface area contributed by atoms with E-state index in [4.69, 9.17) is 4.74 Å². The van der Waals surface area contributed by atoms with Crippen LogP contribution in [0.25, 0.3) is 10.6 Å². The fraction of sp³-hybridized carbons (Fsp3) is 0.320. The van der Waals surface area contributed by atoms with E-state index in [0.29, 0.717) is 28.4 Å². The molecule has 1 heterocycles. The quantitative estimate of drug-likeness (QED) is 0.503. The summed E-state index contributed by atoms with van der Waals surface area (Å²) in [4.78, 5) is 30.3. The van der Waals surface area contributed by atoms with Crippen molar-refractivity contribution < 1.29 is 14.3 Å². The molecule has 1 saturated carbocycles. The number of ether oxygens (including phenoxy) is 1. The lowest BCUT2D eigenvalue weighted by molar-refractivity contribution is 0.0937. The van der Waals surface area contributed by atoms with Crippen LogP contribution in [0, 0.1) is 6.92 Å². The zero-order chi connectivity index (χ0) is 22.5. The van der Waals surface area contributed by atoms with Crippen LogP contribution in [0.15, 0.2) is 48.5 Å². The van der Waals surface area contributed by atoms with E-state index >= 15 is 0 Å². The molecule has 2 N–H and O–H groups in total. The Morgan fingerprint density at radius 2 is 1.72 bits per heavy atom. The van der Waals surface area contributed by atoms with Gasteiger partial charge in [-0.2, -0.15) is 0 Å². The third-order valence-corrected chi connectivity index (χ3v) is 6.72. The van der Waals surface area contributed by atoms with Gasteiger partial charge in [-0.15, -0.1) is 11.3 Å². The molecule has 0 aliphatic heterocycles. The molecule has 7 heteroatoms. The third-order valence-electron chi connectivity index (χ3n) is 5.51. The summed E-state index contributed by atoms with van der Waals surface area (Å²) >= 11 is 1.36. The molecule has 4 rings (SSSR count). The van der Waals surface area contributed by atoms with Crippen molar-refractivity contribution in [2.75, 3.05) is 11.9 Å². The molecule has 1 aromatic heterocycles. The lowest BCUT2D eigenvalue weighted by atomic mass is 10.1. The Labute approximate surface area is 192 Å². The Kier molecular flexibility index (Phi) is 6.85. The molecule has 0 unspecified atom stereocenters. The Morgan fingerprint density at radius 3 is 2.38 bits per heavy atom. The lowest BCUT2D eigenvalue weighted by Crippen LogP contribution is -2.32. The minimum Gasteiger partial charge on any atom is -0.494 e. The minimum atomic E-state index is -0.208. The summed E-state index contributed by atoms with van der Waals surface area (Å²) in [5.74, 6) is 0.538. The van der Waals surface area contributed by atoms with E-state index < -0.39 is 0 Å². The number of rotatable bonds is 7. The number of carbonyl (C=O) groups excluding carboxylic acids is 2. The Hall–Kier alpha value is -3.19. The van der Waals surface area contributed by atoms with E-state index in [1.54, 1.807) is 24.3 Å². The second kappa shape index (κ2) is 9.96. The van der Waals surface area contributed by atoms with Crippen LogP contribution in [-0.4, -0.2) is 29.4 Å². The largest absolute Gasteiger partial charge is 0.494 e. The van der Waals surface area contributed by atoms with Crippen LogP contribution < -0.4 is 15.4 Å². The Bertz CT molecular complexity index is 1080. The number of benzene rings is 2. The second-order valence-electron chi connectivity index (χ2n) is 7.88. The number of aryl methyl sites for hydroxylation is 1. The van der Waals surface area contributed by atoms with Gasteiger partial charge >= 0.3 is 0 Å². The molecular formula is C25H27N3O3S. The van der Waals surface area contributed by atoms with Gasteiger partial charge in [-0.05, 0) is 75.2 Å². The smallest absolute Gasteiger partial charge is 0.267 e. The molecule has 0 bridgehead atoms. The second-order valence-corrected chi connectivity index (χ2v) is 8.88. The van der Waals surface area contributed by atoms with Crippen molar-refractivity contribution in [1.29, 1.82) is 0 Å². The summed E-state index contributed by atoms with van der Waals surface area (Å²) in [5, 5.41) is 6.77. The molecule has 2 amide bonds. The maximum atomic E-state index is 12.8. The average molecular weight is 450 g/mol. The predicted octanol–water partition coefficient (Wildman–Crippen LogP) is 5.44. The van der Waals surface area contributed by atoms with Crippen molar-refractivity contribution in [2.24, 2.45) is 0 Å². The maximum Gasteiger partial charge on any atom is 0.267 e. The van der Waals surface area contributed by atoms with Gasteiger partial charge in [0.2, 0.25) is 0 Å². The van der Waals surface area contributed by atoms with Gasteiger partial charge in [-0.25, -0.2) is 4.98 Å². The first-order valence-corrected chi connectivity index (χ1v) is 11.8. The molecule has 1 fully saturated rings. The number of thiazole rings is 1. The Balaban J connectivity index is 1.40. The van der Waals surface area contributed by atoms with E-state index in [1.165, 1.54) is 24.2 Å². The number of nitrogens with one attached hydrogen (secondary N) is 2. The molecule has 166 valence electrons. The highest BCUT2D eigenvalue weighted by Gasteiger charge is 2.19. The first kappa shape index (κ1) is 22.0. The fourth-order valence-electron chi connectivity index (χ4n) is 3.82. The Morgan fingerprint density at radius 1 is 1.03 bits per heavy atom. The number of anilines is 1. The van der Waals surface area contributed by atoms with Gasteiger partial charge in [0.05, 0.1) is 12.3 Å². The first-order chi connectivity index (χ1) is 15.5.